The van der Waals surface area contributed by atoms with Crippen LogP contribution in [0.25, 0.3) is 0 Å². The van der Waals surface area contributed by atoms with Gasteiger partial charge in [-0.1, -0.05) is 0 Å². The van der Waals surface area contributed by atoms with E-state index >= 15 is 0 Å². The molecule has 1 rings (SSSR count). The van der Waals surface area contributed by atoms with Crippen LogP contribution in [0.4, 0.5) is 0 Å². The molecule has 0 spiro atoms. The van der Waals surface area contributed by atoms with E-state index in [9.17, 15) is 0 Å². The van der Waals surface area contributed by atoms with E-state index in [1.165, 1.54) is 4.88 Å². The zero-order chi connectivity index (χ0) is 8.97. The topological polar surface area (TPSA) is 46.2 Å². The Kier molecular flexibility index (Phi) is 4.21. The van der Waals surface area contributed by atoms with Crippen molar-refractivity contribution in [2.45, 2.75) is 18.9 Å². The third kappa shape index (κ3) is 2.86. The zero-order valence-corrected chi connectivity index (χ0v) is 9.07. The Hall–Kier alpha value is 0.1000. The van der Waals surface area contributed by atoms with Crippen LogP contribution in [-0.4, -0.2) is 11.7 Å². The molecule has 2 nitrogen and oxygen atoms in total. The van der Waals surface area contributed by atoms with Gasteiger partial charge in [-0.3, -0.25) is 0 Å². The molecule has 1 atom stereocenters. The zero-order valence-electron chi connectivity index (χ0n) is 6.66. The average Bonchev–Trinajstić information content (AvgIpc) is 2.47. The minimum absolute atomic E-state index is 0.0773. The fraction of sp³-hybridized carbons (Fsp3) is 0.500. The van der Waals surface area contributed by atoms with E-state index in [1.807, 2.05) is 11.4 Å². The number of rotatable bonds is 4. The fourth-order valence-electron chi connectivity index (χ4n) is 0.976. The van der Waals surface area contributed by atoms with Crippen molar-refractivity contribution in [3.05, 3.63) is 20.8 Å². The maximum Gasteiger partial charge on any atom is 0.0431 e. The summed E-state index contributed by atoms with van der Waals surface area (Å²) < 4.78 is 1.09. The highest BCUT2D eigenvalue weighted by Crippen LogP contribution is 2.26. The first-order chi connectivity index (χ1) is 5.74. The maximum atomic E-state index is 8.61. The molecule has 1 aromatic rings. The molecule has 0 aliphatic heterocycles. The maximum absolute atomic E-state index is 8.61. The van der Waals surface area contributed by atoms with Gasteiger partial charge in [0.25, 0.3) is 0 Å². The molecule has 3 N–H and O–H groups in total. The fourth-order valence-corrected chi connectivity index (χ4v) is 2.46. The average molecular weight is 250 g/mol. The van der Waals surface area contributed by atoms with Crippen molar-refractivity contribution in [3.8, 4) is 0 Å². The molecule has 0 unspecified atom stereocenters. The van der Waals surface area contributed by atoms with Crippen molar-refractivity contribution >= 4 is 27.3 Å². The minimum Gasteiger partial charge on any atom is -0.396 e. The van der Waals surface area contributed by atoms with Gasteiger partial charge < -0.3 is 10.8 Å². The smallest absolute Gasteiger partial charge is 0.0431 e. The van der Waals surface area contributed by atoms with E-state index in [1.54, 1.807) is 11.3 Å². The number of thiophene rings is 1. The van der Waals surface area contributed by atoms with Crippen LogP contribution in [0.15, 0.2) is 15.9 Å². The summed E-state index contributed by atoms with van der Waals surface area (Å²) in [6.07, 6.45) is 1.63. The Morgan fingerprint density at radius 3 is 2.92 bits per heavy atom. The monoisotopic (exact) mass is 249 g/mol. The van der Waals surface area contributed by atoms with Gasteiger partial charge in [-0.25, -0.2) is 0 Å². The van der Waals surface area contributed by atoms with Crippen molar-refractivity contribution in [1.29, 1.82) is 0 Å². The van der Waals surface area contributed by atoms with Crippen LogP contribution in [0.1, 0.15) is 23.8 Å². The van der Waals surface area contributed by atoms with Gasteiger partial charge in [0, 0.05) is 27.4 Å². The predicted octanol–water partition coefficient (Wildman–Crippen LogP) is 2.28. The van der Waals surface area contributed by atoms with Crippen LogP contribution in [-0.2, 0) is 0 Å². The predicted molar refractivity (Wildman–Crippen MR) is 55.3 cm³/mol. The Morgan fingerprint density at radius 2 is 2.42 bits per heavy atom. The normalized spacial score (nSPS) is 13.2. The van der Waals surface area contributed by atoms with Crippen molar-refractivity contribution < 1.29 is 5.11 Å². The molecule has 1 aromatic heterocycles. The van der Waals surface area contributed by atoms with Crippen LogP contribution in [0.3, 0.4) is 0 Å². The molecule has 0 aromatic carbocycles. The molecule has 0 aliphatic rings. The molecule has 0 bridgehead atoms. The van der Waals surface area contributed by atoms with Gasteiger partial charge >= 0.3 is 0 Å². The lowest BCUT2D eigenvalue weighted by Gasteiger charge is -2.06. The summed E-state index contributed by atoms with van der Waals surface area (Å²) in [4.78, 5) is 1.18. The third-order valence-corrected chi connectivity index (χ3v) is 3.45. The van der Waals surface area contributed by atoms with Crippen LogP contribution in [0.2, 0.25) is 0 Å². The highest BCUT2D eigenvalue weighted by Gasteiger charge is 2.07. The van der Waals surface area contributed by atoms with Crippen LogP contribution >= 0.6 is 27.3 Å². The van der Waals surface area contributed by atoms with E-state index in [-0.39, 0.29) is 12.6 Å². The largest absolute Gasteiger partial charge is 0.396 e. The summed E-state index contributed by atoms with van der Waals surface area (Å²) in [6, 6.07) is 2.11. The van der Waals surface area contributed by atoms with Gasteiger partial charge in [0.05, 0.1) is 0 Å². The van der Waals surface area contributed by atoms with Gasteiger partial charge in [0.2, 0.25) is 0 Å². The van der Waals surface area contributed by atoms with Gasteiger partial charge in [-0.2, -0.15) is 0 Å². The summed E-state index contributed by atoms with van der Waals surface area (Å²) in [5.41, 5.74) is 5.87. The standard InChI is InChI=1S/C8H12BrNOS/c9-6-4-8(12-5-6)7(10)2-1-3-11/h4-5,7,11H,1-3,10H2/t7-/m1/s1. The Labute approximate surface area is 84.5 Å². The summed E-state index contributed by atoms with van der Waals surface area (Å²) in [7, 11) is 0. The third-order valence-electron chi connectivity index (χ3n) is 1.63. The first kappa shape index (κ1) is 10.2. The van der Waals surface area contributed by atoms with Crippen molar-refractivity contribution in [3.63, 3.8) is 0 Å². The lowest BCUT2D eigenvalue weighted by molar-refractivity contribution is 0.280. The molecule has 0 radical (unpaired) electrons. The number of aliphatic hydroxyl groups excluding tert-OH is 1. The van der Waals surface area contributed by atoms with Crippen molar-refractivity contribution in [2.24, 2.45) is 5.73 Å². The molecule has 0 saturated heterocycles. The Balaban J connectivity index is 2.47. The molecule has 68 valence electrons. The lowest BCUT2D eigenvalue weighted by atomic mass is 10.1. The minimum atomic E-state index is 0.0773. The van der Waals surface area contributed by atoms with E-state index < -0.39 is 0 Å². The quantitative estimate of drug-likeness (QED) is 0.861. The summed E-state index contributed by atoms with van der Waals surface area (Å²) in [6.45, 7) is 0.222. The number of nitrogens with two attached hydrogens (primary N) is 1. The first-order valence-electron chi connectivity index (χ1n) is 3.84. The Morgan fingerprint density at radius 1 is 1.67 bits per heavy atom. The number of halogens is 1. The number of aliphatic hydroxyl groups is 1. The van der Waals surface area contributed by atoms with E-state index in [0.29, 0.717) is 0 Å². The highest BCUT2D eigenvalue weighted by molar-refractivity contribution is 9.10. The van der Waals surface area contributed by atoms with Crippen molar-refractivity contribution in [1.82, 2.24) is 0 Å². The van der Waals surface area contributed by atoms with Gasteiger partial charge in [0.15, 0.2) is 0 Å². The SMILES string of the molecule is N[C@H](CCCO)c1cc(Br)cs1. The van der Waals surface area contributed by atoms with Gasteiger partial charge in [-0.05, 0) is 34.8 Å². The molecule has 1 heterocycles. The second kappa shape index (κ2) is 4.97. The van der Waals surface area contributed by atoms with E-state index in [4.69, 9.17) is 10.8 Å². The highest BCUT2D eigenvalue weighted by atomic mass is 79.9. The van der Waals surface area contributed by atoms with Gasteiger partial charge in [0.1, 0.15) is 0 Å². The molecular formula is C8H12BrNOS. The van der Waals surface area contributed by atoms with Crippen molar-refractivity contribution in [2.75, 3.05) is 6.61 Å². The second-order valence-corrected chi connectivity index (χ2v) is 4.50. The molecule has 0 saturated carbocycles. The second-order valence-electron chi connectivity index (χ2n) is 2.64. The van der Waals surface area contributed by atoms with E-state index in [2.05, 4.69) is 15.9 Å². The molecule has 0 fully saturated rings. The lowest BCUT2D eigenvalue weighted by Crippen LogP contribution is -2.08. The van der Waals surface area contributed by atoms with Gasteiger partial charge in [-0.15, -0.1) is 11.3 Å². The summed E-state index contributed by atoms with van der Waals surface area (Å²) in [5.74, 6) is 0. The molecule has 0 aliphatic carbocycles. The molecule has 0 amide bonds. The number of hydrogen-bond acceptors (Lipinski definition) is 3. The van der Waals surface area contributed by atoms with Crippen LogP contribution < -0.4 is 5.73 Å². The molecular weight excluding hydrogens is 238 g/mol. The first-order valence-corrected chi connectivity index (χ1v) is 5.51. The van der Waals surface area contributed by atoms with Crippen LogP contribution in [0, 0.1) is 0 Å². The Bertz CT molecular complexity index is 239. The summed E-state index contributed by atoms with van der Waals surface area (Å²) in [5, 5.41) is 10.6. The van der Waals surface area contributed by atoms with Crippen LogP contribution in [0.5, 0.6) is 0 Å². The van der Waals surface area contributed by atoms with E-state index in [0.717, 1.165) is 17.3 Å². The number of hydrogen-bond donors (Lipinski definition) is 2. The molecule has 4 heteroatoms. The molecule has 12 heavy (non-hydrogen) atoms. The summed E-state index contributed by atoms with van der Waals surface area (Å²) >= 11 is 5.03.